The van der Waals surface area contributed by atoms with E-state index in [1.54, 1.807) is 0 Å². The molecule has 0 unspecified atom stereocenters. The largest absolute Gasteiger partial charge is 0.466 e. The number of carbonyl (C=O) groups excluding carboxylic acids is 1. The monoisotopic (exact) mass is 215 g/mol. The van der Waals surface area contributed by atoms with Gasteiger partial charge in [-0.15, -0.1) is 0 Å². The van der Waals surface area contributed by atoms with E-state index in [1.165, 1.54) is 12.8 Å². The third-order valence-corrected chi connectivity index (χ3v) is 2.87. The Kier molecular flexibility index (Phi) is 5.65. The Bertz CT molecular complexity index is 196. The van der Waals surface area contributed by atoms with Crippen LogP contribution >= 0.6 is 0 Å². The van der Waals surface area contributed by atoms with Gasteiger partial charge in [0, 0.05) is 12.6 Å². The Balaban J connectivity index is 2.26. The lowest BCUT2D eigenvalue weighted by atomic mass is 10.0. The van der Waals surface area contributed by atoms with Crippen LogP contribution in [0.3, 0.4) is 0 Å². The van der Waals surface area contributed by atoms with E-state index in [2.05, 4.69) is 4.90 Å². The average molecular weight is 215 g/mol. The first-order valence-electron chi connectivity index (χ1n) is 5.78. The van der Waals surface area contributed by atoms with Gasteiger partial charge in [-0.1, -0.05) is 6.42 Å². The van der Waals surface area contributed by atoms with Gasteiger partial charge in [0.05, 0.1) is 19.6 Å². The average Bonchev–Trinajstić information content (AvgIpc) is 2.27. The predicted molar refractivity (Wildman–Crippen MR) is 57.5 cm³/mol. The minimum Gasteiger partial charge on any atom is -0.466 e. The standard InChI is InChI=1S/C11H21NO3/c1-2-15-11(14)6-8-12-7-4-3-5-10(12)9-13/h10,13H,2-9H2,1H3/t10-/m0/s1. The lowest BCUT2D eigenvalue weighted by molar-refractivity contribution is -0.143. The first-order chi connectivity index (χ1) is 7.27. The zero-order chi connectivity index (χ0) is 11.1. The topological polar surface area (TPSA) is 49.8 Å². The van der Waals surface area contributed by atoms with Crippen molar-refractivity contribution in [3.8, 4) is 0 Å². The fourth-order valence-electron chi connectivity index (χ4n) is 2.03. The van der Waals surface area contributed by atoms with E-state index in [0.29, 0.717) is 19.6 Å². The summed E-state index contributed by atoms with van der Waals surface area (Å²) < 4.78 is 4.87. The van der Waals surface area contributed by atoms with Gasteiger partial charge in [-0.3, -0.25) is 9.69 Å². The molecule has 88 valence electrons. The van der Waals surface area contributed by atoms with Crippen molar-refractivity contribution in [2.75, 3.05) is 26.3 Å². The highest BCUT2D eigenvalue weighted by Crippen LogP contribution is 2.16. The molecule has 0 saturated carbocycles. The molecule has 0 aromatic rings. The summed E-state index contributed by atoms with van der Waals surface area (Å²) in [5.74, 6) is -0.139. The molecule has 1 heterocycles. The molecular weight excluding hydrogens is 194 g/mol. The first-order valence-corrected chi connectivity index (χ1v) is 5.78. The molecule has 1 rings (SSSR count). The van der Waals surface area contributed by atoms with Crippen LogP contribution in [0.25, 0.3) is 0 Å². The maximum atomic E-state index is 11.2. The highest BCUT2D eigenvalue weighted by molar-refractivity contribution is 5.69. The molecule has 15 heavy (non-hydrogen) atoms. The summed E-state index contributed by atoms with van der Waals surface area (Å²) in [5, 5.41) is 9.17. The number of aliphatic hydroxyl groups is 1. The molecule has 1 atom stereocenters. The fraction of sp³-hybridized carbons (Fsp3) is 0.909. The highest BCUT2D eigenvalue weighted by Gasteiger charge is 2.21. The maximum absolute atomic E-state index is 11.2. The molecule has 4 heteroatoms. The van der Waals surface area contributed by atoms with Crippen LogP contribution in [0.15, 0.2) is 0 Å². The molecule has 0 amide bonds. The van der Waals surface area contributed by atoms with Gasteiger partial charge in [-0.2, -0.15) is 0 Å². The van der Waals surface area contributed by atoms with E-state index in [9.17, 15) is 9.90 Å². The van der Waals surface area contributed by atoms with Crippen molar-refractivity contribution in [3.63, 3.8) is 0 Å². The summed E-state index contributed by atoms with van der Waals surface area (Å²) in [4.78, 5) is 13.4. The zero-order valence-corrected chi connectivity index (χ0v) is 9.45. The second-order valence-electron chi connectivity index (χ2n) is 3.92. The van der Waals surface area contributed by atoms with Crippen molar-refractivity contribution < 1.29 is 14.6 Å². The zero-order valence-electron chi connectivity index (χ0n) is 9.45. The summed E-state index contributed by atoms with van der Waals surface area (Å²) in [6.07, 6.45) is 3.82. The van der Waals surface area contributed by atoms with Gasteiger partial charge < -0.3 is 9.84 Å². The Morgan fingerprint density at radius 2 is 2.33 bits per heavy atom. The van der Waals surface area contributed by atoms with Crippen molar-refractivity contribution in [1.29, 1.82) is 0 Å². The van der Waals surface area contributed by atoms with Crippen LogP contribution < -0.4 is 0 Å². The van der Waals surface area contributed by atoms with Crippen LogP contribution in [-0.2, 0) is 9.53 Å². The van der Waals surface area contributed by atoms with E-state index >= 15 is 0 Å². The van der Waals surface area contributed by atoms with Crippen molar-refractivity contribution in [3.05, 3.63) is 0 Å². The van der Waals surface area contributed by atoms with E-state index in [4.69, 9.17) is 4.74 Å². The molecule has 1 fully saturated rings. The maximum Gasteiger partial charge on any atom is 0.307 e. The van der Waals surface area contributed by atoms with Crippen LogP contribution in [0.2, 0.25) is 0 Å². The second kappa shape index (κ2) is 6.80. The van der Waals surface area contributed by atoms with Gasteiger partial charge in [0.2, 0.25) is 0 Å². The number of hydrogen-bond acceptors (Lipinski definition) is 4. The SMILES string of the molecule is CCOC(=O)CCN1CCCC[C@H]1CO. The van der Waals surface area contributed by atoms with E-state index < -0.39 is 0 Å². The van der Waals surface area contributed by atoms with Gasteiger partial charge in [-0.05, 0) is 26.3 Å². The number of ether oxygens (including phenoxy) is 1. The van der Waals surface area contributed by atoms with Gasteiger partial charge in [0.1, 0.15) is 0 Å². The molecular formula is C11H21NO3. The number of piperidine rings is 1. The number of rotatable bonds is 5. The summed E-state index contributed by atoms with van der Waals surface area (Å²) in [5.41, 5.74) is 0. The predicted octanol–water partition coefficient (Wildman–Crippen LogP) is 0.786. The summed E-state index contributed by atoms with van der Waals surface area (Å²) in [6, 6.07) is 0.244. The Morgan fingerprint density at radius 1 is 1.53 bits per heavy atom. The summed E-state index contributed by atoms with van der Waals surface area (Å²) in [7, 11) is 0. The minimum absolute atomic E-state index is 0.139. The normalized spacial score (nSPS) is 22.7. The van der Waals surface area contributed by atoms with Gasteiger partial charge in [-0.25, -0.2) is 0 Å². The molecule has 1 N–H and O–H groups in total. The molecule has 1 aliphatic rings. The quantitative estimate of drug-likeness (QED) is 0.689. The summed E-state index contributed by atoms with van der Waals surface area (Å²) in [6.45, 7) is 4.16. The Morgan fingerprint density at radius 3 is 3.00 bits per heavy atom. The van der Waals surface area contributed by atoms with Crippen molar-refractivity contribution in [2.24, 2.45) is 0 Å². The van der Waals surface area contributed by atoms with Gasteiger partial charge in [0.25, 0.3) is 0 Å². The molecule has 1 aliphatic heterocycles. The van der Waals surface area contributed by atoms with Gasteiger partial charge >= 0.3 is 5.97 Å². The molecule has 0 radical (unpaired) electrons. The smallest absolute Gasteiger partial charge is 0.307 e. The molecule has 0 bridgehead atoms. The van der Waals surface area contributed by atoms with Crippen molar-refractivity contribution in [2.45, 2.75) is 38.6 Å². The highest BCUT2D eigenvalue weighted by atomic mass is 16.5. The van der Waals surface area contributed by atoms with Crippen LogP contribution in [0.4, 0.5) is 0 Å². The number of carbonyl (C=O) groups is 1. The number of esters is 1. The molecule has 4 nitrogen and oxygen atoms in total. The number of hydrogen-bond donors (Lipinski definition) is 1. The van der Waals surface area contributed by atoms with Crippen molar-refractivity contribution >= 4 is 5.97 Å². The van der Waals surface area contributed by atoms with E-state index in [1.807, 2.05) is 6.92 Å². The second-order valence-corrected chi connectivity index (χ2v) is 3.92. The summed E-state index contributed by atoms with van der Waals surface area (Å²) >= 11 is 0. The van der Waals surface area contributed by atoms with Crippen molar-refractivity contribution in [1.82, 2.24) is 4.90 Å². The first kappa shape index (κ1) is 12.5. The van der Waals surface area contributed by atoms with Crippen LogP contribution in [0, 0.1) is 0 Å². The van der Waals surface area contributed by atoms with Crippen LogP contribution in [0.5, 0.6) is 0 Å². The minimum atomic E-state index is -0.139. The van der Waals surface area contributed by atoms with E-state index in [0.717, 1.165) is 13.0 Å². The lowest BCUT2D eigenvalue weighted by Crippen LogP contribution is -2.42. The van der Waals surface area contributed by atoms with Crippen LogP contribution in [-0.4, -0.2) is 48.3 Å². The van der Waals surface area contributed by atoms with Crippen LogP contribution in [0.1, 0.15) is 32.6 Å². The molecule has 0 aromatic carbocycles. The number of aliphatic hydroxyl groups excluding tert-OH is 1. The third-order valence-electron chi connectivity index (χ3n) is 2.87. The third kappa shape index (κ3) is 4.18. The number of likely N-dealkylation sites (tertiary alicyclic amines) is 1. The molecule has 0 aromatic heterocycles. The Hall–Kier alpha value is -0.610. The lowest BCUT2D eigenvalue weighted by Gasteiger charge is -2.34. The molecule has 1 saturated heterocycles. The molecule has 0 aliphatic carbocycles. The molecule has 0 spiro atoms. The fourth-order valence-corrected chi connectivity index (χ4v) is 2.03. The number of nitrogens with zero attached hydrogens (tertiary/aromatic N) is 1. The van der Waals surface area contributed by atoms with Gasteiger partial charge in [0.15, 0.2) is 0 Å². The Labute approximate surface area is 91.2 Å². The van der Waals surface area contributed by atoms with E-state index in [-0.39, 0.29) is 18.6 Å².